The Labute approximate surface area is 140 Å². The highest BCUT2D eigenvalue weighted by molar-refractivity contribution is 9.10. The Balaban J connectivity index is 1.94. The minimum absolute atomic E-state index is 0.0381. The third-order valence-corrected chi connectivity index (χ3v) is 4.35. The maximum atomic E-state index is 12.2. The first-order chi connectivity index (χ1) is 10.5. The van der Waals surface area contributed by atoms with E-state index in [1.54, 1.807) is 11.9 Å². The van der Waals surface area contributed by atoms with E-state index in [1.165, 1.54) is 0 Å². The van der Waals surface area contributed by atoms with Crippen LogP contribution in [-0.2, 0) is 11.3 Å². The van der Waals surface area contributed by atoms with Gasteiger partial charge in [-0.25, -0.2) is 0 Å². The van der Waals surface area contributed by atoms with Crippen molar-refractivity contribution in [3.05, 3.63) is 63.6 Å². The average molecular weight is 362 g/mol. The van der Waals surface area contributed by atoms with Gasteiger partial charge in [-0.15, -0.1) is 0 Å². The number of halogens is 1. The number of likely N-dealkylation sites (N-methyl/N-ethyl adjacent to an activating group) is 1. The lowest BCUT2D eigenvalue weighted by Crippen LogP contribution is -2.31. The molecule has 0 radical (unpaired) electrons. The highest BCUT2D eigenvalue weighted by Crippen LogP contribution is 2.26. The zero-order chi connectivity index (χ0) is 16.1. The monoisotopic (exact) mass is 361 g/mol. The quantitative estimate of drug-likeness (QED) is 0.801. The summed E-state index contributed by atoms with van der Waals surface area (Å²) in [6.45, 7) is 4.60. The maximum absolute atomic E-state index is 12.2. The number of amides is 1. The molecule has 1 amide bonds. The van der Waals surface area contributed by atoms with Crippen LogP contribution in [0, 0.1) is 13.8 Å². The molecule has 2 rings (SSSR count). The smallest absolute Gasteiger partial charge is 0.260 e. The Bertz CT molecular complexity index is 656. The predicted octanol–water partition coefficient (Wildman–Crippen LogP) is 4.10. The van der Waals surface area contributed by atoms with Crippen molar-refractivity contribution in [1.29, 1.82) is 0 Å². The number of aryl methyl sites for hydroxylation is 2. The summed E-state index contributed by atoms with van der Waals surface area (Å²) in [4.78, 5) is 13.9. The maximum Gasteiger partial charge on any atom is 0.260 e. The number of carbonyl (C=O) groups is 1. The van der Waals surface area contributed by atoms with Gasteiger partial charge in [0.2, 0.25) is 0 Å². The molecule has 0 spiro atoms. The Hall–Kier alpha value is -1.81. The van der Waals surface area contributed by atoms with Gasteiger partial charge in [0, 0.05) is 18.1 Å². The van der Waals surface area contributed by atoms with Crippen LogP contribution >= 0.6 is 15.9 Å². The van der Waals surface area contributed by atoms with Gasteiger partial charge in [-0.3, -0.25) is 4.79 Å². The number of carbonyl (C=O) groups excluding carboxylic acids is 1. The van der Waals surface area contributed by atoms with Crippen LogP contribution < -0.4 is 4.74 Å². The van der Waals surface area contributed by atoms with E-state index in [9.17, 15) is 4.79 Å². The van der Waals surface area contributed by atoms with Crippen LogP contribution in [0.15, 0.2) is 46.9 Å². The van der Waals surface area contributed by atoms with E-state index in [0.717, 1.165) is 26.9 Å². The van der Waals surface area contributed by atoms with E-state index in [1.807, 2.05) is 56.3 Å². The molecule has 0 bridgehead atoms. The van der Waals surface area contributed by atoms with Gasteiger partial charge >= 0.3 is 0 Å². The number of benzene rings is 2. The third kappa shape index (κ3) is 4.34. The van der Waals surface area contributed by atoms with E-state index < -0.39 is 0 Å². The lowest BCUT2D eigenvalue weighted by molar-refractivity contribution is -0.132. The molecular formula is C18H20BrNO2. The van der Waals surface area contributed by atoms with E-state index in [2.05, 4.69) is 15.9 Å². The third-order valence-electron chi connectivity index (χ3n) is 3.50. The molecule has 116 valence electrons. The lowest BCUT2D eigenvalue weighted by Gasteiger charge is -2.18. The number of rotatable bonds is 5. The van der Waals surface area contributed by atoms with Crippen molar-refractivity contribution in [2.75, 3.05) is 13.7 Å². The number of nitrogens with zero attached hydrogens (tertiary/aromatic N) is 1. The summed E-state index contributed by atoms with van der Waals surface area (Å²) >= 11 is 3.49. The summed E-state index contributed by atoms with van der Waals surface area (Å²) < 4.78 is 6.73. The standard InChI is InChI=1S/C18H20BrNO2/c1-13-10-17(14(2)9-16(13)19)22-12-18(21)20(3)11-15-7-5-4-6-8-15/h4-10H,11-12H2,1-3H3. The van der Waals surface area contributed by atoms with Gasteiger partial charge in [-0.1, -0.05) is 46.3 Å². The Morgan fingerprint density at radius 2 is 1.82 bits per heavy atom. The second-order valence-corrected chi connectivity index (χ2v) is 6.25. The molecule has 0 saturated carbocycles. The highest BCUT2D eigenvalue weighted by atomic mass is 79.9. The van der Waals surface area contributed by atoms with E-state index in [0.29, 0.717) is 6.54 Å². The first kappa shape index (κ1) is 16.6. The Morgan fingerprint density at radius 1 is 1.14 bits per heavy atom. The molecule has 0 aromatic heterocycles. The predicted molar refractivity (Wildman–Crippen MR) is 92.0 cm³/mol. The topological polar surface area (TPSA) is 29.5 Å². The molecule has 0 heterocycles. The zero-order valence-corrected chi connectivity index (χ0v) is 14.7. The largest absolute Gasteiger partial charge is 0.483 e. The molecule has 0 aliphatic heterocycles. The van der Waals surface area contributed by atoms with Crippen LogP contribution in [0.2, 0.25) is 0 Å². The molecule has 0 fully saturated rings. The van der Waals surface area contributed by atoms with Crippen molar-refractivity contribution in [1.82, 2.24) is 4.90 Å². The highest BCUT2D eigenvalue weighted by Gasteiger charge is 2.11. The minimum Gasteiger partial charge on any atom is -0.483 e. The first-order valence-corrected chi connectivity index (χ1v) is 7.94. The fraction of sp³-hybridized carbons (Fsp3) is 0.278. The molecular weight excluding hydrogens is 342 g/mol. The summed E-state index contributed by atoms with van der Waals surface area (Å²) in [5.74, 6) is 0.714. The molecule has 2 aromatic rings. The van der Waals surface area contributed by atoms with Crippen LogP contribution in [0.25, 0.3) is 0 Å². The molecule has 0 aliphatic rings. The molecule has 0 N–H and O–H groups in total. The normalized spacial score (nSPS) is 10.4. The van der Waals surface area contributed by atoms with Gasteiger partial charge < -0.3 is 9.64 Å². The second kappa shape index (κ2) is 7.45. The molecule has 4 heteroatoms. The van der Waals surface area contributed by atoms with Crippen LogP contribution in [0.3, 0.4) is 0 Å². The minimum atomic E-state index is -0.0381. The SMILES string of the molecule is Cc1cc(OCC(=O)N(C)Cc2ccccc2)c(C)cc1Br. The summed E-state index contributed by atoms with van der Waals surface area (Å²) in [6.07, 6.45) is 0. The summed E-state index contributed by atoms with van der Waals surface area (Å²) in [5, 5.41) is 0. The number of ether oxygens (including phenoxy) is 1. The summed E-state index contributed by atoms with van der Waals surface area (Å²) in [7, 11) is 1.79. The van der Waals surface area contributed by atoms with Gasteiger partial charge in [-0.2, -0.15) is 0 Å². The van der Waals surface area contributed by atoms with Crippen molar-refractivity contribution < 1.29 is 9.53 Å². The second-order valence-electron chi connectivity index (χ2n) is 5.39. The molecule has 22 heavy (non-hydrogen) atoms. The van der Waals surface area contributed by atoms with E-state index in [4.69, 9.17) is 4.74 Å². The van der Waals surface area contributed by atoms with Crippen molar-refractivity contribution in [3.8, 4) is 5.75 Å². The Morgan fingerprint density at radius 3 is 2.50 bits per heavy atom. The molecule has 0 atom stereocenters. The average Bonchev–Trinajstić information content (AvgIpc) is 2.50. The first-order valence-electron chi connectivity index (χ1n) is 7.15. The van der Waals surface area contributed by atoms with Crippen LogP contribution in [0.1, 0.15) is 16.7 Å². The van der Waals surface area contributed by atoms with Crippen molar-refractivity contribution >= 4 is 21.8 Å². The van der Waals surface area contributed by atoms with Gasteiger partial charge in [0.1, 0.15) is 5.75 Å². The lowest BCUT2D eigenvalue weighted by atomic mass is 10.1. The van der Waals surface area contributed by atoms with Crippen LogP contribution in [0.5, 0.6) is 5.75 Å². The fourth-order valence-corrected chi connectivity index (χ4v) is 2.56. The fourth-order valence-electron chi connectivity index (χ4n) is 2.11. The van der Waals surface area contributed by atoms with E-state index in [-0.39, 0.29) is 12.5 Å². The van der Waals surface area contributed by atoms with Gasteiger partial charge in [0.05, 0.1) is 0 Å². The van der Waals surface area contributed by atoms with Crippen LogP contribution in [-0.4, -0.2) is 24.5 Å². The summed E-state index contributed by atoms with van der Waals surface area (Å²) in [5.41, 5.74) is 3.20. The van der Waals surface area contributed by atoms with Gasteiger partial charge in [0.25, 0.3) is 5.91 Å². The van der Waals surface area contributed by atoms with Crippen LogP contribution in [0.4, 0.5) is 0 Å². The molecule has 0 saturated heterocycles. The van der Waals surface area contributed by atoms with Crippen molar-refractivity contribution in [2.24, 2.45) is 0 Å². The molecule has 2 aromatic carbocycles. The molecule has 0 aliphatic carbocycles. The summed E-state index contributed by atoms with van der Waals surface area (Å²) in [6, 6.07) is 13.9. The zero-order valence-electron chi connectivity index (χ0n) is 13.1. The molecule has 3 nitrogen and oxygen atoms in total. The van der Waals surface area contributed by atoms with Gasteiger partial charge in [0.15, 0.2) is 6.61 Å². The van der Waals surface area contributed by atoms with Gasteiger partial charge in [-0.05, 0) is 42.7 Å². The number of hydrogen-bond donors (Lipinski definition) is 0. The van der Waals surface area contributed by atoms with Crippen molar-refractivity contribution in [3.63, 3.8) is 0 Å². The van der Waals surface area contributed by atoms with Crippen molar-refractivity contribution in [2.45, 2.75) is 20.4 Å². The molecule has 0 unspecified atom stereocenters. The van der Waals surface area contributed by atoms with E-state index >= 15 is 0 Å². The Kier molecular flexibility index (Phi) is 5.61. The number of hydrogen-bond acceptors (Lipinski definition) is 2.